The number of pyridine rings is 1. The lowest BCUT2D eigenvalue weighted by Crippen LogP contribution is -2.45. The minimum atomic E-state index is -0.720. The van der Waals surface area contributed by atoms with Crippen molar-refractivity contribution in [3.05, 3.63) is 83.4 Å². The number of ether oxygens (including phenoxy) is 3. The third kappa shape index (κ3) is 6.40. The van der Waals surface area contributed by atoms with E-state index >= 15 is 0 Å². The third-order valence-electron chi connectivity index (χ3n) is 7.27. The maximum atomic E-state index is 14.4. The van der Waals surface area contributed by atoms with E-state index in [0.29, 0.717) is 36.3 Å². The number of carbonyl (C=O) groups excluding carboxylic acids is 3. The van der Waals surface area contributed by atoms with Crippen LogP contribution in [0.5, 0.6) is 17.2 Å². The van der Waals surface area contributed by atoms with Gasteiger partial charge in [0.05, 0.1) is 31.0 Å². The van der Waals surface area contributed by atoms with Crippen molar-refractivity contribution in [1.82, 2.24) is 20.5 Å². The molecule has 2 fully saturated rings. The fraction of sp³-hybridized carbons (Fsp3) is 0.333. The Kier molecular flexibility index (Phi) is 7.41. The highest BCUT2D eigenvalue weighted by atomic mass is 19.1. The van der Waals surface area contributed by atoms with Crippen LogP contribution >= 0.6 is 0 Å². The number of hydrogen-bond donors (Lipinski definition) is 2. The Labute approximate surface area is 235 Å². The smallest absolute Gasteiger partial charge is 0.258 e. The number of halogens is 1. The van der Waals surface area contributed by atoms with E-state index in [-0.39, 0.29) is 36.7 Å². The van der Waals surface area contributed by atoms with E-state index in [4.69, 9.17) is 14.2 Å². The Bertz CT molecular complexity index is 1460. The lowest BCUT2D eigenvalue weighted by Gasteiger charge is -2.21. The second-order valence-corrected chi connectivity index (χ2v) is 10.5. The lowest BCUT2D eigenvalue weighted by molar-refractivity contribution is -0.123. The molecule has 1 aromatic heterocycles. The van der Waals surface area contributed by atoms with Crippen molar-refractivity contribution in [2.24, 2.45) is 5.92 Å². The Morgan fingerprint density at radius 3 is 2.68 bits per heavy atom. The highest BCUT2D eigenvalue weighted by molar-refractivity contribution is 5.96. The van der Waals surface area contributed by atoms with Gasteiger partial charge in [0.15, 0.2) is 12.4 Å². The van der Waals surface area contributed by atoms with Crippen molar-refractivity contribution in [1.29, 1.82) is 0 Å². The van der Waals surface area contributed by atoms with Gasteiger partial charge in [-0.3, -0.25) is 19.4 Å². The SMILES string of the molecule is O=C1COc2cc(OCC3CC3)cc(c2)C(=O)N[C@H]2CN(C(=O)c3ccncc3F)C[C@@H]2Oc2ccc(cc2)CN1. The van der Waals surface area contributed by atoms with Crippen molar-refractivity contribution in [3.63, 3.8) is 0 Å². The van der Waals surface area contributed by atoms with E-state index in [1.165, 1.54) is 17.2 Å². The van der Waals surface area contributed by atoms with Crippen LogP contribution in [0.25, 0.3) is 0 Å². The number of rotatable bonds is 4. The van der Waals surface area contributed by atoms with Gasteiger partial charge in [-0.15, -0.1) is 0 Å². The second kappa shape index (κ2) is 11.4. The number of amides is 3. The summed E-state index contributed by atoms with van der Waals surface area (Å²) in [6.45, 7) is 0.826. The third-order valence-corrected chi connectivity index (χ3v) is 7.27. The molecule has 1 saturated carbocycles. The summed E-state index contributed by atoms with van der Waals surface area (Å²) in [5.41, 5.74) is 1.02. The van der Waals surface area contributed by atoms with E-state index in [1.807, 2.05) is 12.1 Å². The molecule has 2 N–H and O–H groups in total. The van der Waals surface area contributed by atoms with Gasteiger partial charge >= 0.3 is 0 Å². The summed E-state index contributed by atoms with van der Waals surface area (Å²) in [5, 5.41) is 5.80. The summed E-state index contributed by atoms with van der Waals surface area (Å²) in [5.74, 6) is -0.185. The topological polar surface area (TPSA) is 119 Å². The molecule has 4 heterocycles. The molecule has 2 aromatic carbocycles. The van der Waals surface area contributed by atoms with E-state index in [9.17, 15) is 18.8 Å². The molecular weight excluding hydrogens is 531 g/mol. The van der Waals surface area contributed by atoms with Crippen molar-refractivity contribution >= 4 is 17.7 Å². The van der Waals surface area contributed by atoms with E-state index < -0.39 is 29.8 Å². The summed E-state index contributed by atoms with van der Waals surface area (Å²) >= 11 is 0. The van der Waals surface area contributed by atoms with Gasteiger partial charge < -0.3 is 29.7 Å². The maximum absolute atomic E-state index is 14.4. The number of hydrogen-bond acceptors (Lipinski definition) is 7. The van der Waals surface area contributed by atoms with E-state index in [0.717, 1.165) is 24.6 Å². The normalized spacial score (nSPS) is 20.7. The monoisotopic (exact) mass is 560 g/mol. The first-order valence-electron chi connectivity index (χ1n) is 13.5. The number of likely N-dealkylation sites (tertiary alicyclic amines) is 1. The average Bonchev–Trinajstić information content (AvgIpc) is 3.74. The van der Waals surface area contributed by atoms with Crippen LogP contribution in [0.2, 0.25) is 0 Å². The molecule has 1 saturated heterocycles. The second-order valence-electron chi connectivity index (χ2n) is 10.5. The molecule has 0 unspecified atom stereocenters. The molecule has 2 atom stereocenters. The molecule has 4 bridgehead atoms. The first kappa shape index (κ1) is 26.5. The summed E-state index contributed by atoms with van der Waals surface area (Å²) in [6, 6.07) is 12.7. The molecule has 10 nitrogen and oxygen atoms in total. The van der Waals surface area contributed by atoms with E-state index in [2.05, 4.69) is 15.6 Å². The minimum Gasteiger partial charge on any atom is -0.493 e. The molecule has 7 rings (SSSR count). The van der Waals surface area contributed by atoms with Crippen LogP contribution in [-0.4, -0.2) is 66.1 Å². The first-order chi connectivity index (χ1) is 19.9. The van der Waals surface area contributed by atoms with Gasteiger partial charge in [0, 0.05) is 30.9 Å². The number of nitrogens with one attached hydrogen (secondary N) is 2. The number of benzene rings is 2. The number of nitrogens with zero attached hydrogens (tertiary/aromatic N) is 2. The first-order valence-corrected chi connectivity index (χ1v) is 13.5. The predicted octanol–water partition coefficient (Wildman–Crippen LogP) is 2.72. The van der Waals surface area contributed by atoms with Gasteiger partial charge in [-0.05, 0) is 54.7 Å². The fourth-order valence-electron chi connectivity index (χ4n) is 4.80. The maximum Gasteiger partial charge on any atom is 0.258 e. The van der Waals surface area contributed by atoms with Crippen molar-refractivity contribution < 1.29 is 33.0 Å². The van der Waals surface area contributed by atoms with Crippen molar-refractivity contribution in [2.75, 3.05) is 26.3 Å². The van der Waals surface area contributed by atoms with Crippen LogP contribution in [0.15, 0.2) is 60.9 Å². The molecule has 0 radical (unpaired) electrons. The quantitative estimate of drug-likeness (QED) is 0.504. The van der Waals surface area contributed by atoms with Gasteiger partial charge in [-0.25, -0.2) is 4.39 Å². The molecule has 11 heteroatoms. The molecule has 212 valence electrons. The Hall–Kier alpha value is -4.67. The minimum absolute atomic E-state index is 0.103. The Morgan fingerprint density at radius 2 is 1.90 bits per heavy atom. The Balaban J connectivity index is 1.29. The Morgan fingerprint density at radius 1 is 1.07 bits per heavy atom. The highest BCUT2D eigenvalue weighted by Gasteiger charge is 2.39. The molecule has 1 aliphatic carbocycles. The summed E-state index contributed by atoms with van der Waals surface area (Å²) < 4.78 is 32.2. The number of fused-ring (bicyclic) bond motifs is 7. The van der Waals surface area contributed by atoms with Gasteiger partial charge in [0.25, 0.3) is 17.7 Å². The molecule has 0 spiro atoms. The molecule has 4 aliphatic rings. The largest absolute Gasteiger partial charge is 0.493 e. The molecule has 41 heavy (non-hydrogen) atoms. The van der Waals surface area contributed by atoms with Crippen molar-refractivity contribution in [3.8, 4) is 17.2 Å². The van der Waals surface area contributed by atoms with Crippen LogP contribution in [0.4, 0.5) is 4.39 Å². The lowest BCUT2D eigenvalue weighted by atomic mass is 10.1. The van der Waals surface area contributed by atoms with Gasteiger partial charge in [0.1, 0.15) is 23.4 Å². The predicted molar refractivity (Wildman–Crippen MR) is 144 cm³/mol. The van der Waals surface area contributed by atoms with Crippen LogP contribution in [0.1, 0.15) is 39.1 Å². The number of aromatic nitrogens is 1. The van der Waals surface area contributed by atoms with Crippen molar-refractivity contribution in [2.45, 2.75) is 31.5 Å². The summed E-state index contributed by atoms with van der Waals surface area (Å²) in [6.07, 6.45) is 3.95. The van der Waals surface area contributed by atoms with Crippen LogP contribution in [0.3, 0.4) is 0 Å². The zero-order chi connectivity index (χ0) is 28.3. The molecular formula is C30H29FN4O6. The van der Waals surface area contributed by atoms with Crippen LogP contribution in [0, 0.1) is 11.7 Å². The highest BCUT2D eigenvalue weighted by Crippen LogP contribution is 2.31. The van der Waals surface area contributed by atoms with Gasteiger partial charge in [-0.2, -0.15) is 0 Å². The summed E-state index contributed by atoms with van der Waals surface area (Å²) in [7, 11) is 0. The van der Waals surface area contributed by atoms with E-state index in [1.54, 1.807) is 30.3 Å². The zero-order valence-electron chi connectivity index (χ0n) is 22.2. The average molecular weight is 561 g/mol. The van der Waals surface area contributed by atoms with Crippen LogP contribution in [-0.2, 0) is 11.3 Å². The van der Waals surface area contributed by atoms with Gasteiger partial charge in [-0.1, -0.05) is 12.1 Å². The summed E-state index contributed by atoms with van der Waals surface area (Å²) in [4.78, 5) is 44.3. The van der Waals surface area contributed by atoms with Crippen LogP contribution < -0.4 is 24.8 Å². The molecule has 3 aromatic rings. The fourth-order valence-corrected chi connectivity index (χ4v) is 4.80. The standard InChI is InChI=1S/C30H29FN4O6/c31-25-13-32-8-7-24(25)30(38)35-14-26-27(15-35)41-21-5-3-18(4-6-21)12-33-28(36)17-40-23-10-20(29(37)34-26)9-22(11-23)39-16-19-1-2-19/h3-11,13,19,26-27H,1-2,12,14-17H2,(H,33,36)(H,34,37)/t26-,27-/m0/s1. The zero-order valence-corrected chi connectivity index (χ0v) is 22.2. The molecule has 3 aliphatic heterocycles. The van der Waals surface area contributed by atoms with Gasteiger partial charge in [0.2, 0.25) is 0 Å². The molecule has 3 amide bonds. The number of carbonyl (C=O) groups is 3.